The summed E-state index contributed by atoms with van der Waals surface area (Å²) in [5, 5.41) is 3.90. The molecule has 4 heteroatoms. The Kier molecular flexibility index (Phi) is 6.11. The Balaban J connectivity index is 2.59. The fraction of sp³-hybridized carbons (Fsp3) is 0.600. The van der Waals surface area contributed by atoms with Crippen molar-refractivity contribution in [3.63, 3.8) is 0 Å². The molecule has 1 atom stereocenters. The molecule has 0 aromatic heterocycles. The van der Waals surface area contributed by atoms with Gasteiger partial charge >= 0.3 is 0 Å². The van der Waals surface area contributed by atoms with Gasteiger partial charge in [-0.1, -0.05) is 17.7 Å². The SMILES string of the molecule is CNC(C)c1ccc(OCCC(C)(C)OC)cc1Cl. The largest absolute Gasteiger partial charge is 0.493 e. The summed E-state index contributed by atoms with van der Waals surface area (Å²) in [6.07, 6.45) is 0.829. The van der Waals surface area contributed by atoms with Crippen LogP contribution in [0.1, 0.15) is 38.8 Å². The van der Waals surface area contributed by atoms with Gasteiger partial charge in [-0.3, -0.25) is 0 Å². The molecule has 0 aliphatic rings. The number of ether oxygens (including phenoxy) is 2. The number of rotatable bonds is 7. The van der Waals surface area contributed by atoms with Gasteiger partial charge < -0.3 is 14.8 Å². The predicted octanol–water partition coefficient (Wildman–Crippen LogP) is 3.81. The first-order valence-electron chi connectivity index (χ1n) is 6.54. The molecule has 0 heterocycles. The number of halogens is 1. The maximum atomic E-state index is 6.25. The molecule has 0 amide bonds. The third kappa shape index (κ3) is 5.01. The van der Waals surface area contributed by atoms with Crippen LogP contribution in [0.2, 0.25) is 5.02 Å². The van der Waals surface area contributed by atoms with Gasteiger partial charge in [-0.2, -0.15) is 0 Å². The minimum absolute atomic E-state index is 0.162. The van der Waals surface area contributed by atoms with Crippen LogP contribution in [-0.2, 0) is 4.74 Å². The lowest BCUT2D eigenvalue weighted by atomic mass is 10.1. The van der Waals surface area contributed by atoms with Gasteiger partial charge in [0, 0.05) is 24.6 Å². The van der Waals surface area contributed by atoms with Gasteiger partial charge in [0.05, 0.1) is 12.2 Å². The molecule has 3 nitrogen and oxygen atoms in total. The minimum Gasteiger partial charge on any atom is -0.493 e. The topological polar surface area (TPSA) is 30.5 Å². The molecule has 0 aliphatic heterocycles. The van der Waals surface area contributed by atoms with E-state index in [2.05, 4.69) is 12.2 Å². The summed E-state index contributed by atoms with van der Waals surface area (Å²) in [7, 11) is 3.63. The van der Waals surface area contributed by atoms with E-state index >= 15 is 0 Å². The fourth-order valence-electron chi connectivity index (χ4n) is 1.62. The molecule has 1 N–H and O–H groups in total. The van der Waals surface area contributed by atoms with Gasteiger partial charge in [0.2, 0.25) is 0 Å². The zero-order valence-corrected chi connectivity index (χ0v) is 13.2. The lowest BCUT2D eigenvalue weighted by Gasteiger charge is -2.22. The highest BCUT2D eigenvalue weighted by Gasteiger charge is 2.16. The van der Waals surface area contributed by atoms with Crippen molar-refractivity contribution in [2.45, 2.75) is 38.8 Å². The summed E-state index contributed by atoms with van der Waals surface area (Å²) in [4.78, 5) is 0. The summed E-state index contributed by atoms with van der Waals surface area (Å²) in [6, 6.07) is 6.05. The Morgan fingerprint density at radius 3 is 2.58 bits per heavy atom. The molecule has 1 aromatic carbocycles. The van der Waals surface area contributed by atoms with Gasteiger partial charge in [0.1, 0.15) is 5.75 Å². The van der Waals surface area contributed by atoms with E-state index in [0.29, 0.717) is 6.61 Å². The molecule has 0 saturated heterocycles. The van der Waals surface area contributed by atoms with Crippen LogP contribution >= 0.6 is 11.6 Å². The van der Waals surface area contributed by atoms with Crippen molar-refractivity contribution in [1.82, 2.24) is 5.32 Å². The van der Waals surface area contributed by atoms with Gasteiger partial charge in [-0.15, -0.1) is 0 Å². The van der Waals surface area contributed by atoms with E-state index in [1.165, 1.54) is 0 Å². The van der Waals surface area contributed by atoms with Crippen molar-refractivity contribution in [2.75, 3.05) is 20.8 Å². The Hall–Kier alpha value is -0.770. The molecule has 108 valence electrons. The molecule has 0 bridgehead atoms. The average Bonchev–Trinajstić information content (AvgIpc) is 2.38. The summed E-state index contributed by atoms with van der Waals surface area (Å²) in [5.74, 6) is 0.795. The predicted molar refractivity (Wildman–Crippen MR) is 80.1 cm³/mol. The standard InChI is InChI=1S/C15H24ClNO2/c1-11(17-4)13-7-6-12(10-14(13)16)19-9-8-15(2,3)18-5/h6-7,10-11,17H,8-9H2,1-5H3. The van der Waals surface area contributed by atoms with Crippen molar-refractivity contribution in [2.24, 2.45) is 0 Å². The minimum atomic E-state index is -0.162. The van der Waals surface area contributed by atoms with Crippen LogP contribution < -0.4 is 10.1 Å². The summed E-state index contributed by atoms with van der Waals surface area (Å²) < 4.78 is 11.1. The smallest absolute Gasteiger partial charge is 0.120 e. The van der Waals surface area contributed by atoms with Gasteiger partial charge in [0.15, 0.2) is 0 Å². The Labute approximate surface area is 121 Å². The van der Waals surface area contributed by atoms with Crippen LogP contribution in [0.3, 0.4) is 0 Å². The van der Waals surface area contributed by atoms with E-state index in [0.717, 1.165) is 22.8 Å². The molecular weight excluding hydrogens is 262 g/mol. The summed E-state index contributed by atoms with van der Waals surface area (Å²) in [5.41, 5.74) is 0.915. The first-order valence-corrected chi connectivity index (χ1v) is 6.92. The molecular formula is C15H24ClNO2. The summed E-state index contributed by atoms with van der Waals surface area (Å²) in [6.45, 7) is 6.77. The maximum absolute atomic E-state index is 6.25. The van der Waals surface area contributed by atoms with E-state index in [-0.39, 0.29) is 11.6 Å². The maximum Gasteiger partial charge on any atom is 0.120 e. The van der Waals surface area contributed by atoms with Crippen LogP contribution in [0.15, 0.2) is 18.2 Å². The zero-order chi connectivity index (χ0) is 14.5. The molecule has 1 rings (SSSR count). The molecule has 0 fully saturated rings. The van der Waals surface area contributed by atoms with Crippen LogP contribution in [0, 0.1) is 0 Å². The monoisotopic (exact) mass is 285 g/mol. The molecule has 0 radical (unpaired) electrons. The van der Waals surface area contributed by atoms with E-state index in [1.54, 1.807) is 7.11 Å². The second-order valence-corrected chi connectivity index (χ2v) is 5.66. The lowest BCUT2D eigenvalue weighted by Crippen LogP contribution is -2.25. The second-order valence-electron chi connectivity index (χ2n) is 5.26. The summed E-state index contributed by atoms with van der Waals surface area (Å²) >= 11 is 6.25. The third-order valence-corrected chi connectivity index (χ3v) is 3.72. The number of benzene rings is 1. The van der Waals surface area contributed by atoms with Crippen LogP contribution in [0.4, 0.5) is 0 Å². The van der Waals surface area contributed by atoms with Gasteiger partial charge in [-0.05, 0) is 45.5 Å². The Morgan fingerprint density at radius 2 is 2.05 bits per heavy atom. The first-order chi connectivity index (χ1) is 8.89. The Morgan fingerprint density at radius 1 is 1.37 bits per heavy atom. The highest BCUT2D eigenvalue weighted by molar-refractivity contribution is 6.31. The molecule has 0 aliphatic carbocycles. The first kappa shape index (κ1) is 16.3. The van der Waals surface area contributed by atoms with Crippen LogP contribution in [0.5, 0.6) is 5.75 Å². The van der Waals surface area contributed by atoms with Crippen molar-refractivity contribution in [3.05, 3.63) is 28.8 Å². The highest BCUT2D eigenvalue weighted by Crippen LogP contribution is 2.27. The van der Waals surface area contributed by atoms with Crippen molar-refractivity contribution >= 4 is 11.6 Å². The fourth-order valence-corrected chi connectivity index (χ4v) is 1.96. The van der Waals surface area contributed by atoms with Gasteiger partial charge in [-0.25, -0.2) is 0 Å². The van der Waals surface area contributed by atoms with Crippen molar-refractivity contribution in [3.8, 4) is 5.75 Å². The molecule has 1 unspecified atom stereocenters. The van der Waals surface area contributed by atoms with E-state index in [4.69, 9.17) is 21.1 Å². The number of methoxy groups -OCH3 is 1. The quantitative estimate of drug-likeness (QED) is 0.826. The molecule has 19 heavy (non-hydrogen) atoms. The second kappa shape index (κ2) is 7.13. The van der Waals surface area contributed by atoms with E-state index < -0.39 is 0 Å². The van der Waals surface area contributed by atoms with Crippen LogP contribution in [0.25, 0.3) is 0 Å². The van der Waals surface area contributed by atoms with Gasteiger partial charge in [0.25, 0.3) is 0 Å². The normalized spacial score (nSPS) is 13.4. The number of nitrogens with one attached hydrogen (secondary N) is 1. The number of hydrogen-bond donors (Lipinski definition) is 1. The zero-order valence-electron chi connectivity index (χ0n) is 12.4. The number of hydrogen-bond acceptors (Lipinski definition) is 3. The van der Waals surface area contributed by atoms with E-state index in [1.807, 2.05) is 39.1 Å². The Bertz CT molecular complexity index is 407. The van der Waals surface area contributed by atoms with Crippen molar-refractivity contribution in [1.29, 1.82) is 0 Å². The van der Waals surface area contributed by atoms with Crippen molar-refractivity contribution < 1.29 is 9.47 Å². The molecule has 0 saturated carbocycles. The molecule has 0 spiro atoms. The highest BCUT2D eigenvalue weighted by atomic mass is 35.5. The lowest BCUT2D eigenvalue weighted by molar-refractivity contribution is 0.00546. The third-order valence-electron chi connectivity index (χ3n) is 3.40. The van der Waals surface area contributed by atoms with E-state index in [9.17, 15) is 0 Å². The average molecular weight is 286 g/mol. The molecule has 1 aromatic rings. The van der Waals surface area contributed by atoms with Crippen LogP contribution in [-0.4, -0.2) is 26.4 Å².